The second-order valence-corrected chi connectivity index (χ2v) is 6.44. The number of ether oxygens (including phenoxy) is 2. The van der Waals surface area contributed by atoms with Crippen LogP contribution in [0, 0.1) is 0 Å². The first-order chi connectivity index (χ1) is 14.8. The van der Waals surface area contributed by atoms with E-state index in [0.29, 0.717) is 16.9 Å². The highest BCUT2D eigenvalue weighted by molar-refractivity contribution is 5.94. The average molecular weight is 434 g/mol. The minimum Gasteiger partial charge on any atom is -0.431 e. The smallest absolute Gasteiger partial charge is 0.387 e. The third-order valence-corrected chi connectivity index (χ3v) is 4.32. The molecule has 0 saturated heterocycles. The van der Waals surface area contributed by atoms with Gasteiger partial charge in [-0.1, -0.05) is 6.07 Å². The normalized spacial score (nSPS) is 10.9. The molecule has 3 aromatic rings. The molecule has 0 atom stereocenters. The highest BCUT2D eigenvalue weighted by Crippen LogP contribution is 2.37. The van der Waals surface area contributed by atoms with Crippen molar-refractivity contribution in [3.05, 3.63) is 78.1 Å². The van der Waals surface area contributed by atoms with Crippen LogP contribution in [0.15, 0.2) is 67.0 Å². The lowest BCUT2D eigenvalue weighted by Gasteiger charge is -2.26. The molecule has 3 rings (SSSR count). The number of alkyl halides is 4. The van der Waals surface area contributed by atoms with Crippen molar-refractivity contribution >= 4 is 17.2 Å². The van der Waals surface area contributed by atoms with Gasteiger partial charge in [0.15, 0.2) is 17.3 Å². The van der Waals surface area contributed by atoms with E-state index in [1.54, 1.807) is 47.6 Å². The van der Waals surface area contributed by atoms with Crippen LogP contribution >= 0.6 is 0 Å². The fraction of sp³-hybridized carbons (Fsp3) is 0.182. The molecule has 0 bridgehead atoms. The second kappa shape index (κ2) is 9.92. The Kier molecular flexibility index (Phi) is 7.07. The molecule has 162 valence electrons. The first kappa shape index (κ1) is 22.1. The first-order valence-corrected chi connectivity index (χ1v) is 9.14. The Morgan fingerprint density at radius 1 is 0.935 bits per heavy atom. The van der Waals surface area contributed by atoms with Crippen molar-refractivity contribution in [3.8, 4) is 11.5 Å². The predicted molar refractivity (Wildman–Crippen MR) is 106 cm³/mol. The molecule has 0 saturated carbocycles. The van der Waals surface area contributed by atoms with Crippen LogP contribution in [-0.4, -0.2) is 24.0 Å². The van der Waals surface area contributed by atoms with Crippen LogP contribution in [0.25, 0.3) is 0 Å². The molecule has 0 aliphatic heterocycles. The van der Waals surface area contributed by atoms with Gasteiger partial charge in [0, 0.05) is 41.9 Å². The highest BCUT2D eigenvalue weighted by atomic mass is 19.3. The Bertz CT molecular complexity index is 1020. The number of Topliss-reactive ketones (excluding diaryl/α,β-unsaturated/α-hetero) is 1. The predicted octanol–water partition coefficient (Wildman–Crippen LogP) is 5.83. The van der Waals surface area contributed by atoms with Gasteiger partial charge in [0.2, 0.25) is 0 Å². The molecule has 0 radical (unpaired) electrons. The number of aromatic nitrogens is 1. The lowest BCUT2D eigenvalue weighted by atomic mass is 10.1. The van der Waals surface area contributed by atoms with Gasteiger partial charge in [-0.15, -0.1) is 0 Å². The molecular weight excluding hydrogens is 416 g/mol. The third kappa shape index (κ3) is 5.94. The maximum atomic E-state index is 12.8. The van der Waals surface area contributed by atoms with Crippen LogP contribution in [0.1, 0.15) is 22.8 Å². The summed E-state index contributed by atoms with van der Waals surface area (Å²) in [6, 6.07) is 14.0. The van der Waals surface area contributed by atoms with Crippen molar-refractivity contribution in [2.75, 3.05) is 4.90 Å². The Labute approximate surface area is 175 Å². The summed E-state index contributed by atoms with van der Waals surface area (Å²) in [6.45, 7) is -4.69. The van der Waals surface area contributed by atoms with E-state index in [-0.39, 0.29) is 12.3 Å². The standard InChI is InChI=1S/C22H18F4N2O3/c1-14(29)16-4-6-17(7-5-16)28(13-15-3-2-10-27-12-15)18-8-9-19(30-21(23)24)20(11-18)31-22(25)26/h2-12,21-22H,13H2,1H3. The number of nitrogens with zero attached hydrogens (tertiary/aromatic N) is 2. The minimum absolute atomic E-state index is 0.105. The van der Waals surface area contributed by atoms with E-state index in [1.807, 2.05) is 6.07 Å². The molecule has 0 aliphatic rings. The van der Waals surface area contributed by atoms with E-state index < -0.39 is 24.7 Å². The number of carbonyl (C=O) groups excluding carboxylic acids is 1. The number of hydrogen-bond acceptors (Lipinski definition) is 5. The van der Waals surface area contributed by atoms with Crippen LogP contribution in [0.5, 0.6) is 11.5 Å². The minimum atomic E-state index is -3.23. The number of anilines is 2. The van der Waals surface area contributed by atoms with Gasteiger partial charge in [0.25, 0.3) is 0 Å². The zero-order chi connectivity index (χ0) is 22.4. The molecule has 0 aliphatic carbocycles. The Balaban J connectivity index is 2.04. The summed E-state index contributed by atoms with van der Waals surface area (Å²) in [6.07, 6.45) is 3.25. The van der Waals surface area contributed by atoms with E-state index in [4.69, 9.17) is 0 Å². The maximum Gasteiger partial charge on any atom is 0.387 e. The summed E-state index contributed by atoms with van der Waals surface area (Å²) < 4.78 is 59.7. The van der Waals surface area contributed by atoms with Crippen molar-refractivity contribution in [1.82, 2.24) is 4.98 Å². The van der Waals surface area contributed by atoms with Gasteiger partial charge in [-0.3, -0.25) is 9.78 Å². The maximum absolute atomic E-state index is 12.8. The molecule has 9 heteroatoms. The zero-order valence-corrected chi connectivity index (χ0v) is 16.3. The van der Waals surface area contributed by atoms with Crippen LogP contribution in [-0.2, 0) is 6.54 Å². The van der Waals surface area contributed by atoms with Crippen molar-refractivity contribution in [2.24, 2.45) is 0 Å². The molecule has 0 N–H and O–H groups in total. The molecule has 5 nitrogen and oxygen atoms in total. The number of ketones is 1. The molecule has 1 heterocycles. The third-order valence-electron chi connectivity index (χ3n) is 4.32. The Morgan fingerprint density at radius 2 is 1.58 bits per heavy atom. The number of carbonyl (C=O) groups is 1. The SMILES string of the molecule is CC(=O)c1ccc(N(Cc2cccnc2)c2ccc(OC(F)F)c(OC(F)F)c2)cc1. The summed E-state index contributed by atoms with van der Waals surface area (Å²) in [5.74, 6) is -1.14. The van der Waals surface area contributed by atoms with Crippen molar-refractivity contribution in [2.45, 2.75) is 26.7 Å². The number of rotatable bonds is 9. The topological polar surface area (TPSA) is 51.7 Å². The second-order valence-electron chi connectivity index (χ2n) is 6.44. The van der Waals surface area contributed by atoms with Crippen molar-refractivity contribution < 1.29 is 31.8 Å². The fourth-order valence-electron chi connectivity index (χ4n) is 2.93. The summed E-state index contributed by atoms with van der Waals surface area (Å²) in [4.78, 5) is 17.4. The van der Waals surface area contributed by atoms with Gasteiger partial charge in [-0.05, 0) is 55.0 Å². The van der Waals surface area contributed by atoms with Crippen molar-refractivity contribution in [3.63, 3.8) is 0 Å². The van der Waals surface area contributed by atoms with E-state index in [0.717, 1.165) is 11.6 Å². The van der Waals surface area contributed by atoms with Crippen LogP contribution < -0.4 is 14.4 Å². The van der Waals surface area contributed by atoms with E-state index in [1.165, 1.54) is 19.1 Å². The summed E-state index contributed by atoms with van der Waals surface area (Å²) in [5.41, 5.74) is 2.34. The van der Waals surface area contributed by atoms with Gasteiger partial charge >= 0.3 is 13.2 Å². The molecule has 0 unspecified atom stereocenters. The number of pyridine rings is 1. The van der Waals surface area contributed by atoms with E-state index in [2.05, 4.69) is 14.5 Å². The quantitative estimate of drug-likeness (QED) is 0.314. The molecule has 0 amide bonds. The van der Waals surface area contributed by atoms with Gasteiger partial charge in [0.1, 0.15) is 0 Å². The van der Waals surface area contributed by atoms with E-state index in [9.17, 15) is 22.4 Å². The average Bonchev–Trinajstić information content (AvgIpc) is 2.73. The lowest BCUT2D eigenvalue weighted by molar-refractivity contribution is -0.0692. The summed E-state index contributed by atoms with van der Waals surface area (Å²) in [7, 11) is 0. The zero-order valence-electron chi connectivity index (χ0n) is 16.3. The van der Waals surface area contributed by atoms with Crippen LogP contribution in [0.4, 0.5) is 28.9 Å². The largest absolute Gasteiger partial charge is 0.431 e. The molecule has 2 aromatic carbocycles. The number of benzene rings is 2. The van der Waals surface area contributed by atoms with Gasteiger partial charge < -0.3 is 14.4 Å². The molecule has 0 spiro atoms. The fourth-order valence-corrected chi connectivity index (χ4v) is 2.93. The van der Waals surface area contributed by atoms with Crippen LogP contribution in [0.3, 0.4) is 0 Å². The van der Waals surface area contributed by atoms with Gasteiger partial charge in [-0.25, -0.2) is 0 Å². The Morgan fingerprint density at radius 3 is 2.16 bits per heavy atom. The van der Waals surface area contributed by atoms with Crippen LogP contribution in [0.2, 0.25) is 0 Å². The van der Waals surface area contributed by atoms with Gasteiger partial charge in [0.05, 0.1) is 0 Å². The lowest BCUT2D eigenvalue weighted by Crippen LogP contribution is -2.17. The van der Waals surface area contributed by atoms with Crippen molar-refractivity contribution in [1.29, 1.82) is 0 Å². The Hall–Kier alpha value is -3.62. The number of hydrogen-bond donors (Lipinski definition) is 0. The molecule has 1 aromatic heterocycles. The summed E-state index contributed by atoms with van der Waals surface area (Å²) >= 11 is 0. The summed E-state index contributed by atoms with van der Waals surface area (Å²) in [5, 5.41) is 0. The molecular formula is C22H18F4N2O3. The highest BCUT2D eigenvalue weighted by Gasteiger charge is 2.19. The monoisotopic (exact) mass is 434 g/mol. The molecule has 31 heavy (non-hydrogen) atoms. The van der Waals surface area contributed by atoms with Gasteiger partial charge in [-0.2, -0.15) is 17.6 Å². The number of halogens is 4. The van der Waals surface area contributed by atoms with E-state index >= 15 is 0 Å². The molecule has 0 fully saturated rings. The first-order valence-electron chi connectivity index (χ1n) is 9.14.